The van der Waals surface area contributed by atoms with Gasteiger partial charge in [-0.3, -0.25) is 0 Å². The summed E-state index contributed by atoms with van der Waals surface area (Å²) >= 11 is 0. The van der Waals surface area contributed by atoms with Crippen LogP contribution in [0, 0.1) is 0 Å². The van der Waals surface area contributed by atoms with Gasteiger partial charge in [0.1, 0.15) is 0 Å². The number of anilines is 2. The summed E-state index contributed by atoms with van der Waals surface area (Å²) in [5.41, 5.74) is 5.42. The lowest BCUT2D eigenvalue weighted by atomic mass is 9.99. The van der Waals surface area contributed by atoms with Crippen LogP contribution in [0.4, 0.5) is 24.5 Å². The number of nitrogens with one attached hydrogen (secondary N) is 1. The van der Waals surface area contributed by atoms with Crippen molar-refractivity contribution in [2.75, 3.05) is 38.7 Å². The van der Waals surface area contributed by atoms with Gasteiger partial charge in [0.05, 0.1) is 5.56 Å². The monoisotopic (exact) mass is 261 g/mol. The van der Waals surface area contributed by atoms with Crippen molar-refractivity contribution < 1.29 is 13.2 Å². The van der Waals surface area contributed by atoms with Gasteiger partial charge in [-0.2, -0.15) is 13.2 Å². The highest BCUT2D eigenvalue weighted by Gasteiger charge is 2.36. The molecule has 0 fully saturated rings. The van der Waals surface area contributed by atoms with E-state index in [2.05, 4.69) is 5.32 Å². The number of nitrogen functional groups attached to an aromatic ring is 1. The molecule has 6 heteroatoms. The minimum atomic E-state index is -4.41. The molecule has 0 aromatic heterocycles. The van der Waals surface area contributed by atoms with Gasteiger partial charge in [0.25, 0.3) is 0 Å². The standard InChI is InChI=1S/C12H18F3N3/c1-17-10-5-4-9(16)8(6-7-18(2)3)11(10)12(13,14)15/h4-5,17H,6-7,16H2,1-3H3. The van der Waals surface area contributed by atoms with Crippen LogP contribution >= 0.6 is 0 Å². The molecule has 0 heterocycles. The Morgan fingerprint density at radius 3 is 2.33 bits per heavy atom. The summed E-state index contributed by atoms with van der Waals surface area (Å²) in [5.74, 6) is 0. The number of hydrogen-bond acceptors (Lipinski definition) is 3. The van der Waals surface area contributed by atoms with Gasteiger partial charge >= 0.3 is 6.18 Å². The van der Waals surface area contributed by atoms with Crippen molar-refractivity contribution in [2.45, 2.75) is 12.6 Å². The molecule has 1 aromatic rings. The Labute approximate surface area is 105 Å². The van der Waals surface area contributed by atoms with Crippen molar-refractivity contribution >= 4 is 11.4 Å². The second-order valence-corrected chi connectivity index (χ2v) is 4.36. The van der Waals surface area contributed by atoms with E-state index >= 15 is 0 Å². The Bertz CT molecular complexity index is 414. The average molecular weight is 261 g/mol. The largest absolute Gasteiger partial charge is 0.418 e. The third kappa shape index (κ3) is 3.29. The molecule has 0 aliphatic rings. The summed E-state index contributed by atoms with van der Waals surface area (Å²) in [6.45, 7) is 0.514. The molecule has 3 N–H and O–H groups in total. The van der Waals surface area contributed by atoms with Crippen molar-refractivity contribution in [3.05, 3.63) is 23.3 Å². The molecule has 18 heavy (non-hydrogen) atoms. The van der Waals surface area contributed by atoms with Crippen LogP contribution in [-0.4, -0.2) is 32.6 Å². The first-order chi connectivity index (χ1) is 8.27. The number of nitrogens with two attached hydrogens (primary N) is 1. The Balaban J connectivity index is 3.28. The lowest BCUT2D eigenvalue weighted by Gasteiger charge is -2.20. The first kappa shape index (κ1) is 14.6. The fraction of sp³-hybridized carbons (Fsp3) is 0.500. The van der Waals surface area contributed by atoms with Crippen molar-refractivity contribution in [3.8, 4) is 0 Å². The SMILES string of the molecule is CNc1ccc(N)c(CCN(C)C)c1C(F)(F)F. The molecule has 0 aliphatic carbocycles. The van der Waals surface area contributed by atoms with E-state index in [0.717, 1.165) is 0 Å². The summed E-state index contributed by atoms with van der Waals surface area (Å²) in [7, 11) is 5.09. The van der Waals surface area contributed by atoms with Crippen LogP contribution in [0.25, 0.3) is 0 Å². The summed E-state index contributed by atoms with van der Waals surface area (Å²) in [4.78, 5) is 1.83. The van der Waals surface area contributed by atoms with Gasteiger partial charge in [-0.25, -0.2) is 0 Å². The molecular weight excluding hydrogens is 243 g/mol. The molecule has 3 nitrogen and oxygen atoms in total. The Morgan fingerprint density at radius 1 is 1.28 bits per heavy atom. The molecule has 0 amide bonds. The van der Waals surface area contributed by atoms with E-state index in [0.29, 0.717) is 6.54 Å². The van der Waals surface area contributed by atoms with Gasteiger partial charge in [-0.05, 0) is 38.2 Å². The van der Waals surface area contributed by atoms with Crippen molar-refractivity contribution in [1.29, 1.82) is 0 Å². The predicted octanol–water partition coefficient (Wildman–Crippen LogP) is 2.43. The van der Waals surface area contributed by atoms with Gasteiger partial charge < -0.3 is 16.0 Å². The number of rotatable bonds is 4. The van der Waals surface area contributed by atoms with Crippen LogP contribution in [0.1, 0.15) is 11.1 Å². The summed E-state index contributed by atoms with van der Waals surface area (Å²) in [6, 6.07) is 2.86. The molecule has 1 aromatic carbocycles. The van der Waals surface area contributed by atoms with Gasteiger partial charge in [0, 0.05) is 25.0 Å². The Hall–Kier alpha value is -1.43. The number of alkyl halides is 3. The van der Waals surface area contributed by atoms with Crippen LogP contribution < -0.4 is 11.1 Å². The van der Waals surface area contributed by atoms with Crippen molar-refractivity contribution in [2.24, 2.45) is 0 Å². The summed E-state index contributed by atoms with van der Waals surface area (Å²) in [6.07, 6.45) is -4.14. The normalized spacial score (nSPS) is 11.9. The van der Waals surface area contributed by atoms with Crippen LogP contribution in [0.3, 0.4) is 0 Å². The van der Waals surface area contributed by atoms with Crippen LogP contribution in [-0.2, 0) is 12.6 Å². The topological polar surface area (TPSA) is 41.3 Å². The van der Waals surface area contributed by atoms with Crippen LogP contribution in [0.2, 0.25) is 0 Å². The van der Waals surface area contributed by atoms with Gasteiger partial charge in [-0.15, -0.1) is 0 Å². The fourth-order valence-corrected chi connectivity index (χ4v) is 1.80. The van der Waals surface area contributed by atoms with E-state index in [1.807, 2.05) is 19.0 Å². The molecule has 0 radical (unpaired) electrons. The minimum Gasteiger partial charge on any atom is -0.398 e. The molecule has 0 atom stereocenters. The van der Waals surface area contributed by atoms with E-state index in [-0.39, 0.29) is 23.4 Å². The van der Waals surface area contributed by atoms with E-state index in [4.69, 9.17) is 5.73 Å². The van der Waals surface area contributed by atoms with Gasteiger partial charge in [0.15, 0.2) is 0 Å². The fourth-order valence-electron chi connectivity index (χ4n) is 1.80. The highest BCUT2D eigenvalue weighted by Crippen LogP contribution is 2.39. The molecular formula is C12H18F3N3. The maximum atomic E-state index is 13.1. The summed E-state index contributed by atoms with van der Waals surface area (Å²) in [5, 5.41) is 2.57. The maximum absolute atomic E-state index is 13.1. The smallest absolute Gasteiger partial charge is 0.398 e. The number of halogens is 3. The number of nitrogens with zero attached hydrogens (tertiary/aromatic N) is 1. The molecule has 0 saturated heterocycles. The zero-order valence-corrected chi connectivity index (χ0v) is 10.7. The first-order valence-corrected chi connectivity index (χ1v) is 5.58. The predicted molar refractivity (Wildman–Crippen MR) is 67.7 cm³/mol. The molecule has 0 saturated carbocycles. The molecule has 102 valence electrons. The Kier molecular flexibility index (Phi) is 4.45. The molecule has 0 spiro atoms. The minimum absolute atomic E-state index is 0.0606. The molecule has 1 rings (SSSR count). The van der Waals surface area contributed by atoms with E-state index < -0.39 is 11.7 Å². The van der Waals surface area contributed by atoms with E-state index in [9.17, 15) is 13.2 Å². The average Bonchev–Trinajstić information content (AvgIpc) is 2.25. The number of benzene rings is 1. The van der Waals surface area contributed by atoms with Crippen LogP contribution in [0.5, 0.6) is 0 Å². The van der Waals surface area contributed by atoms with E-state index in [1.54, 1.807) is 0 Å². The number of hydrogen-bond donors (Lipinski definition) is 2. The molecule has 0 aliphatic heterocycles. The molecule has 0 unspecified atom stereocenters. The van der Waals surface area contributed by atoms with Crippen molar-refractivity contribution in [3.63, 3.8) is 0 Å². The van der Waals surface area contributed by atoms with Gasteiger partial charge in [-0.1, -0.05) is 0 Å². The maximum Gasteiger partial charge on any atom is 0.418 e. The second-order valence-electron chi connectivity index (χ2n) is 4.36. The molecule has 0 bridgehead atoms. The van der Waals surface area contributed by atoms with Crippen molar-refractivity contribution in [1.82, 2.24) is 4.90 Å². The third-order valence-electron chi connectivity index (χ3n) is 2.71. The second kappa shape index (κ2) is 5.48. The first-order valence-electron chi connectivity index (χ1n) is 5.58. The van der Waals surface area contributed by atoms with Gasteiger partial charge in [0.2, 0.25) is 0 Å². The highest BCUT2D eigenvalue weighted by molar-refractivity contribution is 5.65. The third-order valence-corrected chi connectivity index (χ3v) is 2.71. The Morgan fingerprint density at radius 2 is 1.89 bits per heavy atom. The quantitative estimate of drug-likeness (QED) is 0.818. The summed E-state index contributed by atoms with van der Waals surface area (Å²) < 4.78 is 39.3. The lowest BCUT2D eigenvalue weighted by Crippen LogP contribution is -2.20. The van der Waals surface area contributed by atoms with E-state index in [1.165, 1.54) is 19.2 Å². The lowest BCUT2D eigenvalue weighted by molar-refractivity contribution is -0.137. The van der Waals surface area contributed by atoms with Crippen LogP contribution in [0.15, 0.2) is 12.1 Å². The zero-order chi connectivity index (χ0) is 13.9. The number of likely N-dealkylation sites (N-methyl/N-ethyl adjacent to an activating group) is 1. The zero-order valence-electron chi connectivity index (χ0n) is 10.7. The highest BCUT2D eigenvalue weighted by atomic mass is 19.4.